The van der Waals surface area contributed by atoms with Gasteiger partial charge in [-0.25, -0.2) is 4.98 Å². The van der Waals surface area contributed by atoms with Gasteiger partial charge in [0.15, 0.2) is 0 Å². The Kier molecular flexibility index (Phi) is 1.62. The number of H-pyrrole nitrogens is 1. The molecular weight excluding hydrogens is 172 g/mol. The Morgan fingerprint density at radius 1 is 1.42 bits per heavy atom. The molecule has 0 aliphatic rings. The summed E-state index contributed by atoms with van der Waals surface area (Å²) < 4.78 is 0. The molecule has 60 valence electrons. The van der Waals surface area contributed by atoms with Crippen molar-refractivity contribution in [3.63, 3.8) is 0 Å². The van der Waals surface area contributed by atoms with Crippen LogP contribution in [0.2, 0.25) is 0 Å². The number of nitrogens with zero attached hydrogens (tertiary/aromatic N) is 1. The molecule has 4 heteroatoms. The van der Waals surface area contributed by atoms with Gasteiger partial charge in [-0.05, 0) is 18.2 Å². The first kappa shape index (κ1) is 7.36. The van der Waals surface area contributed by atoms with Gasteiger partial charge in [0.1, 0.15) is 0 Å². The second-order valence-electron chi connectivity index (χ2n) is 2.43. The molecule has 3 nitrogen and oxygen atoms in total. The first-order valence-electron chi connectivity index (χ1n) is 3.44. The van der Waals surface area contributed by atoms with Crippen LogP contribution >= 0.6 is 12.6 Å². The zero-order valence-corrected chi connectivity index (χ0v) is 7.01. The summed E-state index contributed by atoms with van der Waals surface area (Å²) in [4.78, 5) is 18.5. The van der Waals surface area contributed by atoms with E-state index < -0.39 is 0 Å². The predicted octanol–water partition coefficient (Wildman–Crippen LogP) is 1.21. The van der Waals surface area contributed by atoms with Gasteiger partial charge in [0, 0.05) is 4.90 Å². The highest BCUT2D eigenvalue weighted by Crippen LogP contribution is 2.11. The zero-order valence-electron chi connectivity index (χ0n) is 6.11. The summed E-state index contributed by atoms with van der Waals surface area (Å²) in [6.07, 6.45) is 1.39. The van der Waals surface area contributed by atoms with Crippen LogP contribution in [0.3, 0.4) is 0 Å². The molecule has 0 bridgehead atoms. The largest absolute Gasteiger partial charge is 0.313 e. The third kappa shape index (κ3) is 1.10. The molecule has 1 aromatic carbocycles. The van der Waals surface area contributed by atoms with Gasteiger partial charge >= 0.3 is 0 Å². The lowest BCUT2D eigenvalue weighted by Gasteiger charge is -1.94. The third-order valence-electron chi connectivity index (χ3n) is 1.62. The molecule has 2 rings (SSSR count). The van der Waals surface area contributed by atoms with Crippen molar-refractivity contribution in [2.75, 3.05) is 0 Å². The van der Waals surface area contributed by atoms with E-state index in [2.05, 4.69) is 22.6 Å². The van der Waals surface area contributed by atoms with Gasteiger partial charge in [0.25, 0.3) is 5.56 Å². The van der Waals surface area contributed by atoms with E-state index in [4.69, 9.17) is 0 Å². The maximum Gasteiger partial charge on any atom is 0.258 e. The van der Waals surface area contributed by atoms with Crippen molar-refractivity contribution in [1.82, 2.24) is 9.97 Å². The lowest BCUT2D eigenvalue weighted by atomic mass is 10.2. The van der Waals surface area contributed by atoms with E-state index in [-0.39, 0.29) is 5.56 Å². The molecule has 1 heterocycles. The van der Waals surface area contributed by atoms with Crippen LogP contribution in [-0.4, -0.2) is 9.97 Å². The number of hydrogen-bond acceptors (Lipinski definition) is 3. The SMILES string of the molecule is O=c1[nH]cnc2ccc(S)cc12. The van der Waals surface area contributed by atoms with Gasteiger partial charge in [0.2, 0.25) is 0 Å². The first-order valence-corrected chi connectivity index (χ1v) is 3.88. The molecule has 1 N–H and O–H groups in total. The fourth-order valence-corrected chi connectivity index (χ4v) is 1.26. The summed E-state index contributed by atoms with van der Waals surface area (Å²) in [5.74, 6) is 0. The Hall–Kier alpha value is -1.29. The van der Waals surface area contributed by atoms with Crippen LogP contribution in [0.5, 0.6) is 0 Å². The van der Waals surface area contributed by atoms with E-state index in [0.717, 1.165) is 4.90 Å². The summed E-state index contributed by atoms with van der Waals surface area (Å²) in [6, 6.07) is 5.27. The van der Waals surface area contributed by atoms with E-state index in [9.17, 15) is 4.79 Å². The molecular formula is C8H6N2OS. The number of fused-ring (bicyclic) bond motifs is 1. The number of aromatic nitrogens is 2. The topological polar surface area (TPSA) is 45.8 Å². The molecule has 0 aliphatic carbocycles. The normalized spacial score (nSPS) is 10.4. The van der Waals surface area contributed by atoms with Crippen molar-refractivity contribution >= 4 is 23.5 Å². The van der Waals surface area contributed by atoms with Crippen LogP contribution in [0.15, 0.2) is 34.2 Å². The fraction of sp³-hybridized carbons (Fsp3) is 0. The van der Waals surface area contributed by atoms with Crippen molar-refractivity contribution in [3.8, 4) is 0 Å². The van der Waals surface area contributed by atoms with E-state index in [1.165, 1.54) is 6.33 Å². The summed E-state index contributed by atoms with van der Waals surface area (Å²) in [5.41, 5.74) is 0.562. The van der Waals surface area contributed by atoms with Crippen LogP contribution in [0.4, 0.5) is 0 Å². The number of benzene rings is 1. The van der Waals surface area contributed by atoms with Gasteiger partial charge in [0.05, 0.1) is 17.2 Å². The number of rotatable bonds is 0. The molecule has 0 unspecified atom stereocenters. The highest BCUT2D eigenvalue weighted by atomic mass is 32.1. The van der Waals surface area contributed by atoms with Gasteiger partial charge in [-0.3, -0.25) is 4.79 Å². The molecule has 0 amide bonds. The molecule has 2 aromatic rings. The number of thiol groups is 1. The molecule has 1 aromatic heterocycles. The second kappa shape index (κ2) is 2.64. The van der Waals surface area contributed by atoms with Crippen molar-refractivity contribution in [2.24, 2.45) is 0 Å². The fourth-order valence-electron chi connectivity index (χ4n) is 1.06. The highest BCUT2D eigenvalue weighted by Gasteiger charge is 1.97. The molecule has 0 atom stereocenters. The molecule has 12 heavy (non-hydrogen) atoms. The number of hydrogen-bond donors (Lipinski definition) is 2. The van der Waals surface area contributed by atoms with Crippen molar-refractivity contribution in [3.05, 3.63) is 34.9 Å². The van der Waals surface area contributed by atoms with E-state index in [0.29, 0.717) is 10.9 Å². The summed E-state index contributed by atoms with van der Waals surface area (Å²) in [5, 5.41) is 0.574. The summed E-state index contributed by atoms with van der Waals surface area (Å²) >= 11 is 4.13. The second-order valence-corrected chi connectivity index (χ2v) is 2.95. The minimum atomic E-state index is -0.129. The molecule has 0 spiro atoms. The first-order chi connectivity index (χ1) is 5.77. The molecule has 0 saturated carbocycles. The quantitative estimate of drug-likeness (QED) is 0.596. The van der Waals surface area contributed by atoms with Gasteiger partial charge in [-0.1, -0.05) is 0 Å². The standard InChI is InChI=1S/C8H6N2OS/c11-8-6-3-5(12)1-2-7(6)9-4-10-8/h1-4,12H,(H,9,10,11). The smallest absolute Gasteiger partial charge is 0.258 e. The van der Waals surface area contributed by atoms with E-state index in [1.807, 2.05) is 0 Å². The number of nitrogens with one attached hydrogen (secondary N) is 1. The highest BCUT2D eigenvalue weighted by molar-refractivity contribution is 7.80. The van der Waals surface area contributed by atoms with Crippen LogP contribution in [0, 0.1) is 0 Å². The van der Waals surface area contributed by atoms with E-state index in [1.54, 1.807) is 18.2 Å². The average molecular weight is 178 g/mol. The van der Waals surface area contributed by atoms with Crippen LogP contribution < -0.4 is 5.56 Å². The molecule has 0 radical (unpaired) electrons. The predicted molar refractivity (Wildman–Crippen MR) is 49.6 cm³/mol. The van der Waals surface area contributed by atoms with Crippen LogP contribution in [0.25, 0.3) is 10.9 Å². The lowest BCUT2D eigenvalue weighted by molar-refractivity contribution is 1.17. The van der Waals surface area contributed by atoms with Gasteiger partial charge in [-0.15, -0.1) is 12.6 Å². The van der Waals surface area contributed by atoms with Crippen LogP contribution in [-0.2, 0) is 0 Å². The van der Waals surface area contributed by atoms with Gasteiger partial charge < -0.3 is 4.98 Å². The van der Waals surface area contributed by atoms with Crippen molar-refractivity contribution in [2.45, 2.75) is 4.90 Å². The molecule has 0 aliphatic heterocycles. The lowest BCUT2D eigenvalue weighted by Crippen LogP contribution is -2.05. The maximum absolute atomic E-state index is 11.2. The molecule has 0 saturated heterocycles. The Morgan fingerprint density at radius 2 is 2.25 bits per heavy atom. The maximum atomic E-state index is 11.2. The third-order valence-corrected chi connectivity index (χ3v) is 1.90. The molecule has 0 fully saturated rings. The van der Waals surface area contributed by atoms with E-state index >= 15 is 0 Å². The van der Waals surface area contributed by atoms with Gasteiger partial charge in [-0.2, -0.15) is 0 Å². The average Bonchev–Trinajstić information content (AvgIpc) is 2.07. The zero-order chi connectivity index (χ0) is 8.55. The number of aromatic amines is 1. The Labute approximate surface area is 73.9 Å². The monoisotopic (exact) mass is 178 g/mol. The minimum Gasteiger partial charge on any atom is -0.313 e. The van der Waals surface area contributed by atoms with Crippen LogP contribution in [0.1, 0.15) is 0 Å². The Balaban J connectivity index is 2.98. The minimum absolute atomic E-state index is 0.129. The Bertz CT molecular complexity index is 478. The van der Waals surface area contributed by atoms with Crippen molar-refractivity contribution in [1.29, 1.82) is 0 Å². The Morgan fingerprint density at radius 3 is 3.08 bits per heavy atom. The summed E-state index contributed by atoms with van der Waals surface area (Å²) in [7, 11) is 0. The van der Waals surface area contributed by atoms with Crippen molar-refractivity contribution < 1.29 is 0 Å². The summed E-state index contributed by atoms with van der Waals surface area (Å²) in [6.45, 7) is 0.